The van der Waals surface area contributed by atoms with Crippen LogP contribution in [0, 0.1) is 13.8 Å². The maximum absolute atomic E-state index is 12.7. The van der Waals surface area contributed by atoms with Crippen molar-refractivity contribution in [2.24, 2.45) is 10.1 Å². The van der Waals surface area contributed by atoms with Crippen LogP contribution in [0.15, 0.2) is 70.8 Å². The molecule has 0 fully saturated rings. The molecule has 0 unspecified atom stereocenters. The number of aliphatic imine (C=N–C) groups is 1. The van der Waals surface area contributed by atoms with Crippen LogP contribution in [-0.4, -0.2) is 41.2 Å². The number of fused-ring (bicyclic) bond motifs is 2. The van der Waals surface area contributed by atoms with Gasteiger partial charge in [-0.3, -0.25) is 24.2 Å². The number of hydrogen-bond acceptors (Lipinski definition) is 6. The number of amides is 1. The highest BCUT2D eigenvalue weighted by atomic mass is 16.2. The highest BCUT2D eigenvalue weighted by Gasteiger charge is 2.27. The lowest BCUT2D eigenvalue weighted by Crippen LogP contribution is -2.22. The van der Waals surface area contributed by atoms with Gasteiger partial charge in [-0.1, -0.05) is 47.5 Å². The third-order valence-corrected chi connectivity index (χ3v) is 6.39. The van der Waals surface area contributed by atoms with Gasteiger partial charge in [0.2, 0.25) is 0 Å². The molecule has 7 heteroatoms. The fraction of sp³-hybridized carbons (Fsp3) is 0.172. The van der Waals surface area contributed by atoms with Gasteiger partial charge in [0.15, 0.2) is 17.3 Å². The Morgan fingerprint density at radius 3 is 1.89 bits per heavy atom. The van der Waals surface area contributed by atoms with Gasteiger partial charge in [-0.15, -0.1) is 0 Å². The first-order valence-electron chi connectivity index (χ1n) is 11.6. The summed E-state index contributed by atoms with van der Waals surface area (Å²) in [6.07, 6.45) is 0.565. The molecule has 2 aliphatic carbocycles. The summed E-state index contributed by atoms with van der Waals surface area (Å²) in [5.41, 5.74) is 9.09. The number of aryl methyl sites for hydroxylation is 2. The van der Waals surface area contributed by atoms with Gasteiger partial charge >= 0.3 is 0 Å². The molecule has 7 nitrogen and oxygen atoms in total. The Balaban J connectivity index is 1.26. The predicted octanol–water partition coefficient (Wildman–Crippen LogP) is 3.36. The molecule has 3 aromatic rings. The first kappa shape index (κ1) is 23.2. The number of Topliss-reactive ketones (excluding diaryl/α,β-unsaturated/α-hetero) is 3. The summed E-state index contributed by atoms with van der Waals surface area (Å²) < 4.78 is 0. The van der Waals surface area contributed by atoms with E-state index in [1.165, 1.54) is 12.1 Å². The fourth-order valence-electron chi connectivity index (χ4n) is 4.46. The Morgan fingerprint density at radius 1 is 0.750 bits per heavy atom. The molecule has 178 valence electrons. The number of ketones is 3. The van der Waals surface area contributed by atoms with Gasteiger partial charge in [-0.2, -0.15) is 5.10 Å². The summed E-state index contributed by atoms with van der Waals surface area (Å²) in [6.45, 7) is 3.72. The second-order valence-electron chi connectivity index (χ2n) is 9.09. The van der Waals surface area contributed by atoms with E-state index in [1.807, 2.05) is 50.2 Å². The number of benzene rings is 3. The second-order valence-corrected chi connectivity index (χ2v) is 9.09. The molecular weight excluding hydrogens is 454 g/mol. The quantitative estimate of drug-likeness (QED) is 0.449. The maximum Gasteiger partial charge on any atom is 0.271 e. The van der Waals surface area contributed by atoms with Gasteiger partial charge in [0.05, 0.1) is 0 Å². The monoisotopic (exact) mass is 477 g/mol. The van der Waals surface area contributed by atoms with E-state index < -0.39 is 5.91 Å². The first-order valence-corrected chi connectivity index (χ1v) is 11.6. The largest absolute Gasteiger partial charge is 0.292 e. The Kier molecular flexibility index (Phi) is 5.98. The van der Waals surface area contributed by atoms with E-state index in [9.17, 15) is 19.2 Å². The highest BCUT2D eigenvalue weighted by Crippen LogP contribution is 2.23. The first-order chi connectivity index (χ1) is 17.3. The van der Waals surface area contributed by atoms with Crippen molar-refractivity contribution in [3.8, 4) is 0 Å². The van der Waals surface area contributed by atoms with Crippen molar-refractivity contribution in [3.05, 3.63) is 105 Å². The molecule has 1 N–H and O–H groups in total. The molecule has 3 aromatic carbocycles. The molecule has 0 spiro atoms. The number of carbonyl (C=O) groups excluding carboxylic acids is 4. The zero-order chi connectivity index (χ0) is 25.4. The molecule has 0 heterocycles. The van der Waals surface area contributed by atoms with E-state index in [2.05, 4.69) is 15.5 Å². The van der Waals surface area contributed by atoms with Gasteiger partial charge in [-0.05, 0) is 49.2 Å². The minimum Gasteiger partial charge on any atom is -0.292 e. The normalized spacial score (nSPS) is 16.4. The van der Waals surface area contributed by atoms with Crippen LogP contribution in [0.2, 0.25) is 0 Å². The lowest BCUT2D eigenvalue weighted by molar-refractivity contribution is -0.112. The summed E-state index contributed by atoms with van der Waals surface area (Å²) in [6, 6.07) is 17.6. The molecule has 0 aliphatic heterocycles. The van der Waals surface area contributed by atoms with Crippen LogP contribution < -0.4 is 5.43 Å². The molecule has 36 heavy (non-hydrogen) atoms. The van der Waals surface area contributed by atoms with Crippen molar-refractivity contribution < 1.29 is 19.2 Å². The standard InChI is InChI=1S/C29H23N3O4/c1-16-3-5-20-13-24(33)27(22(20)11-16)30-15-26(35)18-7-9-19(10-8-18)29(36)32-31-28-23-12-17(2)4-6-21(23)14-25(28)34/h3-12H,13-15H2,1-2H3,(H,32,36). The zero-order valence-corrected chi connectivity index (χ0v) is 19.9. The maximum atomic E-state index is 12.7. The van der Waals surface area contributed by atoms with Gasteiger partial charge in [0, 0.05) is 35.1 Å². The number of hydrazone groups is 1. The summed E-state index contributed by atoms with van der Waals surface area (Å²) in [5, 5.41) is 4.08. The van der Waals surface area contributed by atoms with Crippen LogP contribution in [0.3, 0.4) is 0 Å². The van der Waals surface area contributed by atoms with Crippen LogP contribution in [0.5, 0.6) is 0 Å². The van der Waals surface area contributed by atoms with Gasteiger partial charge < -0.3 is 0 Å². The third kappa shape index (κ3) is 4.43. The van der Waals surface area contributed by atoms with Gasteiger partial charge in [-0.25, -0.2) is 5.43 Å². The Bertz CT molecular complexity index is 1400. The number of carbonyl (C=O) groups is 4. The lowest BCUT2D eigenvalue weighted by Gasteiger charge is -2.04. The van der Waals surface area contributed by atoms with Gasteiger partial charge in [0.25, 0.3) is 5.91 Å². The van der Waals surface area contributed by atoms with Crippen molar-refractivity contribution in [2.75, 3.05) is 6.54 Å². The second kappa shape index (κ2) is 9.26. The molecule has 0 bridgehead atoms. The van der Waals surface area contributed by atoms with Crippen LogP contribution in [0.25, 0.3) is 0 Å². The molecule has 5 rings (SSSR count). The summed E-state index contributed by atoms with van der Waals surface area (Å²) in [5.74, 6) is -0.973. The van der Waals surface area contributed by atoms with Crippen molar-refractivity contribution in [1.82, 2.24) is 5.43 Å². The molecule has 0 atom stereocenters. The lowest BCUT2D eigenvalue weighted by atomic mass is 10.1. The highest BCUT2D eigenvalue weighted by molar-refractivity contribution is 6.50. The summed E-state index contributed by atoms with van der Waals surface area (Å²) >= 11 is 0. The molecule has 0 saturated carbocycles. The Morgan fingerprint density at radius 2 is 1.28 bits per heavy atom. The number of hydrogen-bond donors (Lipinski definition) is 1. The molecule has 0 saturated heterocycles. The van der Waals surface area contributed by atoms with Crippen molar-refractivity contribution in [3.63, 3.8) is 0 Å². The van der Waals surface area contributed by atoms with E-state index in [0.29, 0.717) is 23.3 Å². The van der Waals surface area contributed by atoms with Crippen molar-refractivity contribution in [1.29, 1.82) is 0 Å². The van der Waals surface area contributed by atoms with E-state index >= 15 is 0 Å². The SMILES string of the molecule is Cc1ccc2c(c1)C(=NCC(=O)c1ccc(C(=O)NN=C3C(=O)Cc4ccc(C)cc43)cc1)C(=O)C2. The van der Waals surface area contributed by atoms with Crippen LogP contribution in [-0.2, 0) is 22.4 Å². The van der Waals surface area contributed by atoms with E-state index in [1.54, 1.807) is 12.1 Å². The number of nitrogens with zero attached hydrogens (tertiary/aromatic N) is 2. The average Bonchev–Trinajstić information content (AvgIpc) is 3.35. The van der Waals surface area contributed by atoms with Crippen LogP contribution in [0.4, 0.5) is 0 Å². The topological polar surface area (TPSA) is 105 Å². The smallest absolute Gasteiger partial charge is 0.271 e. The minimum absolute atomic E-state index is 0.0874. The molecule has 2 aliphatic rings. The van der Waals surface area contributed by atoms with E-state index in [4.69, 9.17) is 0 Å². The fourth-order valence-corrected chi connectivity index (χ4v) is 4.46. The Labute approximate surface area is 208 Å². The Hall–Kier alpha value is -4.52. The molecule has 1 amide bonds. The van der Waals surface area contributed by atoms with Crippen LogP contribution in [0.1, 0.15) is 54.1 Å². The summed E-state index contributed by atoms with van der Waals surface area (Å²) in [4.78, 5) is 54.2. The van der Waals surface area contributed by atoms with Gasteiger partial charge in [0.1, 0.15) is 18.0 Å². The minimum atomic E-state index is -0.487. The number of rotatable bonds is 5. The zero-order valence-electron chi connectivity index (χ0n) is 19.9. The predicted molar refractivity (Wildman–Crippen MR) is 136 cm³/mol. The van der Waals surface area contributed by atoms with Crippen molar-refractivity contribution in [2.45, 2.75) is 26.7 Å². The third-order valence-electron chi connectivity index (χ3n) is 6.39. The van der Waals surface area contributed by atoms with E-state index in [0.717, 1.165) is 33.4 Å². The summed E-state index contributed by atoms with van der Waals surface area (Å²) in [7, 11) is 0. The van der Waals surface area contributed by atoms with Crippen molar-refractivity contribution >= 4 is 34.7 Å². The average molecular weight is 478 g/mol. The molecular formula is C29H23N3O4. The number of nitrogens with one attached hydrogen (secondary N) is 1. The molecule has 0 radical (unpaired) electrons. The van der Waals surface area contributed by atoms with Crippen LogP contribution >= 0.6 is 0 Å². The molecule has 0 aromatic heterocycles. The van der Waals surface area contributed by atoms with E-state index in [-0.39, 0.29) is 36.0 Å².